The second-order valence-corrected chi connectivity index (χ2v) is 6.58. The van der Waals surface area contributed by atoms with Crippen LogP contribution in [0.3, 0.4) is 0 Å². The Hall–Kier alpha value is -3.28. The van der Waals surface area contributed by atoms with Gasteiger partial charge in [-0.15, -0.1) is 0 Å². The maximum Gasteiger partial charge on any atom is 0.417 e. The zero-order valence-corrected chi connectivity index (χ0v) is 15.3. The SMILES string of the molecule is CCC1CC=CC(c2ccccn2)=NC1=Nc1cc(C)c2[nH]c(=O)oc2c1. The van der Waals surface area contributed by atoms with Gasteiger partial charge in [0.1, 0.15) is 5.84 Å². The van der Waals surface area contributed by atoms with Gasteiger partial charge in [-0.05, 0) is 49.6 Å². The van der Waals surface area contributed by atoms with Gasteiger partial charge in [-0.25, -0.2) is 14.8 Å². The fraction of sp³-hybridized carbons (Fsp3) is 0.238. The van der Waals surface area contributed by atoms with Crippen molar-refractivity contribution in [3.05, 3.63) is 70.5 Å². The number of fused-ring (bicyclic) bond motifs is 1. The third-order valence-corrected chi connectivity index (χ3v) is 4.67. The average Bonchev–Trinajstić information content (AvgIpc) is 2.93. The Balaban J connectivity index is 1.82. The molecule has 0 bridgehead atoms. The third kappa shape index (κ3) is 3.51. The van der Waals surface area contributed by atoms with Crippen LogP contribution in [0.5, 0.6) is 0 Å². The average molecular weight is 360 g/mol. The highest BCUT2D eigenvalue weighted by molar-refractivity contribution is 6.14. The summed E-state index contributed by atoms with van der Waals surface area (Å²) in [7, 11) is 0. The molecule has 0 spiro atoms. The molecular formula is C21H20N4O2. The lowest BCUT2D eigenvalue weighted by Crippen LogP contribution is -2.12. The van der Waals surface area contributed by atoms with Gasteiger partial charge in [0.25, 0.3) is 0 Å². The second-order valence-electron chi connectivity index (χ2n) is 6.58. The predicted molar refractivity (Wildman–Crippen MR) is 107 cm³/mol. The topological polar surface area (TPSA) is 83.6 Å². The molecule has 0 aliphatic carbocycles. The number of aromatic nitrogens is 2. The molecule has 0 saturated heterocycles. The molecule has 1 N–H and O–H groups in total. The van der Waals surface area contributed by atoms with Gasteiger partial charge in [0.15, 0.2) is 5.58 Å². The minimum absolute atomic E-state index is 0.219. The summed E-state index contributed by atoms with van der Waals surface area (Å²) in [5, 5.41) is 0. The monoisotopic (exact) mass is 360 g/mol. The van der Waals surface area contributed by atoms with E-state index in [0.29, 0.717) is 11.1 Å². The van der Waals surface area contributed by atoms with Crippen LogP contribution in [-0.2, 0) is 0 Å². The Bertz CT molecular complexity index is 1120. The Kier molecular flexibility index (Phi) is 4.54. The fourth-order valence-corrected chi connectivity index (χ4v) is 3.23. The van der Waals surface area contributed by atoms with Gasteiger partial charge in [-0.1, -0.05) is 19.1 Å². The summed E-state index contributed by atoms with van der Waals surface area (Å²) < 4.78 is 5.21. The van der Waals surface area contributed by atoms with Crippen LogP contribution in [0.1, 0.15) is 31.0 Å². The number of aryl methyl sites for hydroxylation is 1. The van der Waals surface area contributed by atoms with Gasteiger partial charge in [0, 0.05) is 18.2 Å². The van der Waals surface area contributed by atoms with Crippen molar-refractivity contribution in [1.29, 1.82) is 0 Å². The summed E-state index contributed by atoms with van der Waals surface area (Å²) in [5.74, 6) is 0.523. The molecular weight excluding hydrogens is 340 g/mol. The largest absolute Gasteiger partial charge is 0.417 e. The summed E-state index contributed by atoms with van der Waals surface area (Å²) >= 11 is 0. The molecule has 0 radical (unpaired) electrons. The molecule has 27 heavy (non-hydrogen) atoms. The van der Waals surface area contributed by atoms with E-state index in [9.17, 15) is 4.79 Å². The molecule has 0 saturated carbocycles. The Morgan fingerprint density at radius 3 is 3.00 bits per heavy atom. The molecule has 4 rings (SSSR count). The van der Waals surface area contributed by atoms with Crippen molar-refractivity contribution in [2.75, 3.05) is 0 Å². The van der Waals surface area contributed by atoms with E-state index < -0.39 is 5.76 Å². The predicted octanol–water partition coefficient (Wildman–Crippen LogP) is 4.33. The molecule has 1 aliphatic heterocycles. The number of pyridine rings is 1. The van der Waals surface area contributed by atoms with E-state index in [2.05, 4.69) is 23.0 Å². The number of benzene rings is 1. The van der Waals surface area contributed by atoms with Gasteiger partial charge in [0.05, 0.1) is 22.6 Å². The van der Waals surface area contributed by atoms with Gasteiger partial charge >= 0.3 is 5.76 Å². The first-order valence-electron chi connectivity index (χ1n) is 9.02. The summed E-state index contributed by atoms with van der Waals surface area (Å²) in [6.45, 7) is 4.06. The fourth-order valence-electron chi connectivity index (χ4n) is 3.23. The number of rotatable bonds is 3. The lowest BCUT2D eigenvalue weighted by molar-refractivity contribution is 0.555. The lowest BCUT2D eigenvalue weighted by Gasteiger charge is -2.11. The van der Waals surface area contributed by atoms with Gasteiger partial charge in [-0.2, -0.15) is 0 Å². The van der Waals surface area contributed by atoms with Crippen LogP contribution in [0.2, 0.25) is 0 Å². The Morgan fingerprint density at radius 1 is 1.33 bits per heavy atom. The zero-order valence-electron chi connectivity index (χ0n) is 15.3. The Morgan fingerprint density at radius 2 is 2.22 bits per heavy atom. The van der Waals surface area contributed by atoms with E-state index in [4.69, 9.17) is 14.4 Å². The van der Waals surface area contributed by atoms with E-state index >= 15 is 0 Å². The minimum atomic E-state index is -0.460. The number of aromatic amines is 1. The first-order chi connectivity index (χ1) is 13.1. The van der Waals surface area contributed by atoms with Crippen LogP contribution in [0.15, 0.2) is 67.9 Å². The van der Waals surface area contributed by atoms with Gasteiger partial charge < -0.3 is 4.42 Å². The second kappa shape index (κ2) is 7.15. The molecule has 3 heterocycles. The highest BCUT2D eigenvalue weighted by Gasteiger charge is 2.18. The number of nitrogens with zero attached hydrogens (tertiary/aromatic N) is 3. The van der Waals surface area contributed by atoms with E-state index in [1.165, 1.54) is 0 Å². The van der Waals surface area contributed by atoms with Crippen LogP contribution in [0, 0.1) is 12.8 Å². The Labute approximate surface area is 156 Å². The first kappa shape index (κ1) is 17.1. The van der Waals surface area contributed by atoms with E-state index in [1.807, 2.05) is 37.3 Å². The van der Waals surface area contributed by atoms with Gasteiger partial charge in [0.2, 0.25) is 0 Å². The summed E-state index contributed by atoms with van der Waals surface area (Å²) in [4.78, 5) is 28.2. The lowest BCUT2D eigenvalue weighted by atomic mass is 10.0. The molecule has 136 valence electrons. The van der Waals surface area contributed by atoms with E-state index in [0.717, 1.165) is 41.3 Å². The van der Waals surface area contributed by atoms with Crippen molar-refractivity contribution >= 4 is 28.3 Å². The molecule has 3 aromatic rings. The highest BCUT2D eigenvalue weighted by Crippen LogP contribution is 2.26. The van der Waals surface area contributed by atoms with Crippen molar-refractivity contribution in [2.24, 2.45) is 15.9 Å². The van der Waals surface area contributed by atoms with Crippen molar-refractivity contribution in [3.63, 3.8) is 0 Å². The van der Waals surface area contributed by atoms with Gasteiger partial charge in [-0.3, -0.25) is 9.97 Å². The molecule has 1 unspecified atom stereocenters. The van der Waals surface area contributed by atoms with E-state index in [-0.39, 0.29) is 5.92 Å². The van der Waals surface area contributed by atoms with Crippen LogP contribution in [0.4, 0.5) is 5.69 Å². The quantitative estimate of drug-likeness (QED) is 0.754. The van der Waals surface area contributed by atoms with Crippen LogP contribution in [0.25, 0.3) is 11.1 Å². The molecule has 0 amide bonds. The van der Waals surface area contributed by atoms with Crippen LogP contribution in [-0.4, -0.2) is 21.5 Å². The van der Waals surface area contributed by atoms with Crippen molar-refractivity contribution in [1.82, 2.24) is 9.97 Å². The smallest absolute Gasteiger partial charge is 0.408 e. The van der Waals surface area contributed by atoms with Crippen LogP contribution < -0.4 is 5.76 Å². The third-order valence-electron chi connectivity index (χ3n) is 4.67. The van der Waals surface area contributed by atoms with Crippen molar-refractivity contribution < 1.29 is 4.42 Å². The molecule has 1 aliphatic rings. The molecule has 2 aromatic heterocycles. The minimum Gasteiger partial charge on any atom is -0.408 e. The molecule has 6 nitrogen and oxygen atoms in total. The highest BCUT2D eigenvalue weighted by atomic mass is 16.4. The van der Waals surface area contributed by atoms with Crippen LogP contribution >= 0.6 is 0 Å². The number of nitrogens with one attached hydrogen (secondary N) is 1. The van der Waals surface area contributed by atoms with E-state index in [1.54, 1.807) is 12.3 Å². The summed E-state index contributed by atoms with van der Waals surface area (Å²) in [6.07, 6.45) is 7.70. The molecule has 1 aromatic carbocycles. The number of H-pyrrole nitrogens is 1. The van der Waals surface area contributed by atoms with Crippen molar-refractivity contribution in [2.45, 2.75) is 26.7 Å². The number of oxazole rings is 1. The molecule has 0 fully saturated rings. The summed E-state index contributed by atoms with van der Waals surface area (Å²) in [6, 6.07) is 9.48. The zero-order chi connectivity index (χ0) is 18.8. The standard InChI is InChI=1S/C21H20N4O2/c1-3-14-7-6-9-17(16-8-4-5-10-22-16)24-20(14)23-15-11-13(2)19-18(12-15)27-21(26)25-19/h4-6,8-12,14H,3,7H2,1-2H3,(H,25,26). The number of hydrogen-bond acceptors (Lipinski definition) is 4. The molecule has 6 heteroatoms. The number of allylic oxidation sites excluding steroid dienone is 2. The first-order valence-corrected chi connectivity index (χ1v) is 9.02. The number of amidine groups is 1. The number of hydrogen-bond donors (Lipinski definition) is 1. The number of aliphatic imine (C=N–C) groups is 2. The van der Waals surface area contributed by atoms with Crippen molar-refractivity contribution in [3.8, 4) is 0 Å². The molecule has 1 atom stereocenters. The normalized spacial score (nSPS) is 18.7. The maximum absolute atomic E-state index is 11.5. The summed E-state index contributed by atoms with van der Waals surface area (Å²) in [5.41, 5.74) is 4.47. The maximum atomic E-state index is 11.5.